The van der Waals surface area contributed by atoms with Gasteiger partial charge in [0.05, 0.1) is 0 Å². The summed E-state index contributed by atoms with van der Waals surface area (Å²) in [4.78, 5) is 0. The maximum absolute atomic E-state index is 7.95. The number of hydrogen-bond donors (Lipinski definition) is 0. The molecule has 0 fully saturated rings. The van der Waals surface area contributed by atoms with Gasteiger partial charge in [0.15, 0.2) is 0 Å². The van der Waals surface area contributed by atoms with Crippen LogP contribution in [0, 0.1) is 11.8 Å². The van der Waals surface area contributed by atoms with Gasteiger partial charge in [-0.25, -0.2) is 0 Å². The van der Waals surface area contributed by atoms with E-state index in [0.717, 1.165) is 12.4 Å². The molecule has 0 aliphatic carbocycles. The number of hydrogen-bond acceptors (Lipinski definition) is 4. The van der Waals surface area contributed by atoms with Gasteiger partial charge in [0.25, 0.3) is 0 Å². The molecule has 280 valence electrons. The summed E-state index contributed by atoms with van der Waals surface area (Å²) in [6, 6.07) is 0. The SMILES string of the molecule is CCCCCCCCCCCCCCP(CCCCCC)(CCCCCC)(CCCCCC)OP(=S)(OCC(C)C)SCC(C)C. The van der Waals surface area contributed by atoms with Crippen molar-refractivity contribution < 1.29 is 8.83 Å². The monoisotopic (exact) mass is 725 g/mol. The van der Waals surface area contributed by atoms with Crippen LogP contribution in [-0.2, 0) is 20.6 Å². The molecule has 0 rings (SSSR count). The van der Waals surface area contributed by atoms with Crippen molar-refractivity contribution in [3.8, 4) is 0 Å². The Bertz CT molecular complexity index is 665. The minimum absolute atomic E-state index is 0.478. The van der Waals surface area contributed by atoms with Crippen LogP contribution >= 0.6 is 23.9 Å². The molecule has 1 atom stereocenters. The van der Waals surface area contributed by atoms with Crippen LogP contribution in [0.4, 0.5) is 0 Å². The second-order valence-electron chi connectivity index (χ2n) is 15.7. The van der Waals surface area contributed by atoms with E-state index >= 15 is 0 Å². The van der Waals surface area contributed by atoms with Gasteiger partial charge in [-0.2, -0.15) is 0 Å². The van der Waals surface area contributed by atoms with Crippen molar-refractivity contribution in [3.63, 3.8) is 0 Å². The van der Waals surface area contributed by atoms with Crippen molar-refractivity contribution in [3.05, 3.63) is 0 Å². The molecule has 0 aliphatic rings. The van der Waals surface area contributed by atoms with Gasteiger partial charge in [-0.3, -0.25) is 0 Å². The van der Waals surface area contributed by atoms with Gasteiger partial charge in [-0.15, -0.1) is 0 Å². The molecule has 0 radical (unpaired) electrons. The van der Waals surface area contributed by atoms with E-state index in [9.17, 15) is 0 Å². The average Bonchev–Trinajstić information content (AvgIpc) is 3.03. The first-order valence-corrected chi connectivity index (χ1v) is 27.8. The van der Waals surface area contributed by atoms with Gasteiger partial charge in [-0.1, -0.05) is 13.3 Å². The minimum atomic E-state index is -2.59. The first-order chi connectivity index (χ1) is 22.1. The van der Waals surface area contributed by atoms with Gasteiger partial charge >= 0.3 is 290 Å². The van der Waals surface area contributed by atoms with E-state index in [1.165, 1.54) is 179 Å². The van der Waals surface area contributed by atoms with Gasteiger partial charge < -0.3 is 0 Å². The molecule has 0 aromatic carbocycles. The van der Waals surface area contributed by atoms with Crippen molar-refractivity contribution in [1.29, 1.82) is 0 Å². The average molecular weight is 725 g/mol. The predicted octanol–water partition coefficient (Wildman–Crippen LogP) is 16.2. The Morgan fingerprint density at radius 3 is 1.09 bits per heavy atom. The summed E-state index contributed by atoms with van der Waals surface area (Å²) < 4.78 is 14.8. The van der Waals surface area contributed by atoms with Crippen LogP contribution in [0.3, 0.4) is 0 Å². The van der Waals surface area contributed by atoms with E-state index in [-0.39, 0.29) is 0 Å². The van der Waals surface area contributed by atoms with E-state index in [1.54, 1.807) is 0 Å². The molecule has 0 aliphatic heterocycles. The van der Waals surface area contributed by atoms with Crippen molar-refractivity contribution in [2.45, 2.75) is 209 Å². The van der Waals surface area contributed by atoms with Crippen LogP contribution in [0.5, 0.6) is 0 Å². The normalized spacial score (nSPS) is 14.6. The maximum atomic E-state index is 7.95. The second-order valence-corrected chi connectivity index (χ2v) is 28.0. The van der Waals surface area contributed by atoms with Crippen LogP contribution in [0.25, 0.3) is 0 Å². The summed E-state index contributed by atoms with van der Waals surface area (Å²) in [7, 11) is 0. The first-order valence-electron chi connectivity index (χ1n) is 20.7. The molecule has 0 aromatic heterocycles. The van der Waals surface area contributed by atoms with E-state index in [4.69, 9.17) is 20.6 Å². The van der Waals surface area contributed by atoms with Crippen molar-refractivity contribution in [2.75, 3.05) is 37.0 Å². The Labute approximate surface area is 301 Å². The molecule has 0 heterocycles. The van der Waals surface area contributed by atoms with Gasteiger partial charge in [0.1, 0.15) is 0 Å². The van der Waals surface area contributed by atoms with Crippen LogP contribution < -0.4 is 0 Å². The Hall–Kier alpha value is 1.35. The fraction of sp³-hybridized carbons (Fsp3) is 1.00. The summed E-state index contributed by atoms with van der Waals surface area (Å²) >= 11 is 8.53. The predicted molar refractivity (Wildman–Crippen MR) is 223 cm³/mol. The Morgan fingerprint density at radius 1 is 0.478 bits per heavy atom. The molecule has 0 saturated carbocycles. The van der Waals surface area contributed by atoms with E-state index in [1.807, 2.05) is 11.4 Å². The van der Waals surface area contributed by atoms with Crippen LogP contribution in [0.1, 0.15) is 209 Å². The third kappa shape index (κ3) is 24.5. The fourth-order valence-corrected chi connectivity index (χ4v) is 23.7. The molecule has 0 amide bonds. The fourth-order valence-electron chi connectivity index (χ4n) is 6.85. The zero-order chi connectivity index (χ0) is 34.4. The molecule has 0 saturated heterocycles. The Balaban J connectivity index is 6.10. The number of unbranched alkanes of at least 4 members (excludes halogenated alkanes) is 20. The Kier molecular flexibility index (Phi) is 30.9. The summed E-state index contributed by atoms with van der Waals surface area (Å²) in [5, 5.41) is 0. The first kappa shape index (κ1) is 47.4. The standard InChI is InChI=1S/C40H86O2P2S2/c1-9-13-17-21-22-23-24-25-26-27-28-32-36-44(33-29-18-14-10-2,34-30-19-15-11-3,35-31-20-16-12-4)42-43(45,41-37-39(5)6)46-38-40(7)8/h39-40H,9-38H2,1-8H3. The quantitative estimate of drug-likeness (QED) is 0.0473. The summed E-state index contributed by atoms with van der Waals surface area (Å²) in [6.45, 7) is 16.7. The molecule has 6 heteroatoms. The molecular formula is C40H86O2P2S2. The van der Waals surface area contributed by atoms with Crippen LogP contribution in [0.2, 0.25) is 0 Å². The molecule has 46 heavy (non-hydrogen) atoms. The van der Waals surface area contributed by atoms with Gasteiger partial charge in [0, 0.05) is 0 Å². The second kappa shape index (κ2) is 30.0. The van der Waals surface area contributed by atoms with E-state index in [2.05, 4.69) is 55.4 Å². The van der Waals surface area contributed by atoms with Gasteiger partial charge in [-0.05, 0) is 0 Å². The molecule has 0 spiro atoms. The molecule has 2 nitrogen and oxygen atoms in total. The summed E-state index contributed by atoms with van der Waals surface area (Å²) in [5.41, 5.74) is -2.46. The van der Waals surface area contributed by atoms with Gasteiger partial charge in [0.2, 0.25) is 0 Å². The van der Waals surface area contributed by atoms with Crippen LogP contribution in [0.15, 0.2) is 0 Å². The zero-order valence-electron chi connectivity index (χ0n) is 32.9. The van der Waals surface area contributed by atoms with Crippen molar-refractivity contribution >= 4 is 35.7 Å². The zero-order valence-corrected chi connectivity index (χ0v) is 36.3. The third-order valence-electron chi connectivity index (χ3n) is 9.77. The summed E-state index contributed by atoms with van der Waals surface area (Å²) in [6.07, 6.45) is 38.0. The van der Waals surface area contributed by atoms with E-state index in [0.29, 0.717) is 11.8 Å². The van der Waals surface area contributed by atoms with Crippen molar-refractivity contribution in [1.82, 2.24) is 0 Å². The van der Waals surface area contributed by atoms with Crippen molar-refractivity contribution in [2.24, 2.45) is 11.8 Å². The summed E-state index contributed by atoms with van der Waals surface area (Å²) in [5.74, 6) is 2.12. The molecule has 1 unspecified atom stereocenters. The Morgan fingerprint density at radius 2 is 0.783 bits per heavy atom. The third-order valence-corrected chi connectivity index (χ3v) is 24.0. The number of rotatable bonds is 36. The topological polar surface area (TPSA) is 18.5 Å². The molecule has 0 aromatic rings. The molecule has 0 N–H and O–H groups in total. The molecule has 0 bridgehead atoms. The van der Waals surface area contributed by atoms with E-state index < -0.39 is 12.5 Å². The van der Waals surface area contributed by atoms with Crippen LogP contribution in [-0.4, -0.2) is 37.0 Å². The molecular weight excluding hydrogens is 639 g/mol.